The first-order valence-electron chi connectivity index (χ1n) is 10.7. The highest BCUT2D eigenvalue weighted by Crippen LogP contribution is 2.32. The number of nitrogens with zero attached hydrogens (tertiary/aromatic N) is 3. The van der Waals surface area contributed by atoms with E-state index in [4.69, 9.17) is 4.98 Å². The van der Waals surface area contributed by atoms with E-state index in [1.54, 1.807) is 0 Å². The molecule has 3 aliphatic rings. The Kier molecular flexibility index (Phi) is 5.35. The summed E-state index contributed by atoms with van der Waals surface area (Å²) in [4.78, 5) is 37.3. The molecule has 1 atom stereocenters. The highest BCUT2D eigenvalue weighted by molar-refractivity contribution is 5.76. The van der Waals surface area contributed by atoms with Crippen molar-refractivity contribution in [1.82, 2.24) is 19.8 Å². The number of rotatable bonds is 3. The van der Waals surface area contributed by atoms with Gasteiger partial charge < -0.3 is 9.88 Å². The Labute approximate surface area is 161 Å². The van der Waals surface area contributed by atoms with E-state index < -0.39 is 0 Å². The van der Waals surface area contributed by atoms with E-state index in [9.17, 15) is 9.59 Å². The molecule has 3 heterocycles. The maximum Gasteiger partial charge on any atom is 0.255 e. The quantitative estimate of drug-likeness (QED) is 0.886. The number of amides is 1. The van der Waals surface area contributed by atoms with E-state index in [-0.39, 0.29) is 17.5 Å². The van der Waals surface area contributed by atoms with Crippen LogP contribution in [-0.4, -0.2) is 44.8 Å². The lowest BCUT2D eigenvalue weighted by atomic mass is 9.86. The molecular formula is C21H32N4O2. The van der Waals surface area contributed by atoms with Gasteiger partial charge in [-0.25, -0.2) is 4.98 Å². The molecule has 1 N–H and O–H groups in total. The monoisotopic (exact) mass is 372 g/mol. The number of carbonyl (C=O) groups is 1. The molecule has 1 saturated heterocycles. The summed E-state index contributed by atoms with van der Waals surface area (Å²) in [6, 6.07) is 0.550. The van der Waals surface area contributed by atoms with Crippen LogP contribution in [0.15, 0.2) is 4.79 Å². The van der Waals surface area contributed by atoms with Gasteiger partial charge in [0.05, 0.1) is 17.3 Å². The largest absolute Gasteiger partial charge is 0.333 e. The molecular weight excluding hydrogens is 340 g/mol. The van der Waals surface area contributed by atoms with Crippen LogP contribution in [0.1, 0.15) is 81.9 Å². The van der Waals surface area contributed by atoms with Crippen LogP contribution in [0.2, 0.25) is 0 Å². The van der Waals surface area contributed by atoms with Crippen molar-refractivity contribution < 1.29 is 4.79 Å². The number of hydrogen-bond donors (Lipinski definition) is 1. The topological polar surface area (TPSA) is 69.3 Å². The molecule has 2 aliphatic heterocycles. The molecule has 2 fully saturated rings. The number of hydrogen-bond acceptors (Lipinski definition) is 4. The van der Waals surface area contributed by atoms with Crippen LogP contribution >= 0.6 is 0 Å². The van der Waals surface area contributed by atoms with Gasteiger partial charge in [0.2, 0.25) is 5.91 Å². The number of nitrogens with one attached hydrogen (secondary N) is 1. The van der Waals surface area contributed by atoms with E-state index in [2.05, 4.69) is 16.8 Å². The van der Waals surface area contributed by atoms with Gasteiger partial charge in [0.1, 0.15) is 5.82 Å². The summed E-state index contributed by atoms with van der Waals surface area (Å²) in [6.45, 7) is 6.71. The first kappa shape index (κ1) is 18.7. The molecule has 1 amide bonds. The van der Waals surface area contributed by atoms with Crippen molar-refractivity contribution in [2.24, 2.45) is 5.92 Å². The van der Waals surface area contributed by atoms with Crippen LogP contribution in [0.5, 0.6) is 0 Å². The number of likely N-dealkylation sites (tertiary alicyclic amines) is 1. The Balaban J connectivity index is 1.53. The highest BCUT2D eigenvalue weighted by Gasteiger charge is 2.33. The molecule has 0 bridgehead atoms. The summed E-state index contributed by atoms with van der Waals surface area (Å²) in [5.74, 6) is 1.68. The fourth-order valence-corrected chi connectivity index (χ4v) is 5.09. The average Bonchev–Trinajstić information content (AvgIpc) is 3.17. The van der Waals surface area contributed by atoms with Gasteiger partial charge in [-0.3, -0.25) is 14.5 Å². The Hall–Kier alpha value is -1.69. The van der Waals surface area contributed by atoms with Crippen molar-refractivity contribution in [3.05, 3.63) is 27.4 Å². The standard InChI is InChI=1S/C21H32N4O2/c1-3-19(26)25-11-4-5-18(25)20-22-17-10-12-24(13-16(17)21(27)23-20)15-8-6-14(2)7-9-15/h14-15,18H,3-13H2,1-2H3,(H,22,23,27)/t14?,15?,18-/m0/s1. The number of fused-ring (bicyclic) bond motifs is 1. The molecule has 1 aromatic rings. The first-order valence-corrected chi connectivity index (χ1v) is 10.7. The smallest absolute Gasteiger partial charge is 0.255 e. The van der Waals surface area contributed by atoms with Crippen LogP contribution < -0.4 is 5.56 Å². The minimum Gasteiger partial charge on any atom is -0.333 e. The molecule has 1 saturated carbocycles. The van der Waals surface area contributed by atoms with Gasteiger partial charge >= 0.3 is 0 Å². The van der Waals surface area contributed by atoms with Gasteiger partial charge in [-0.05, 0) is 44.4 Å². The van der Waals surface area contributed by atoms with E-state index in [1.807, 2.05) is 11.8 Å². The number of H-pyrrole nitrogens is 1. The van der Waals surface area contributed by atoms with Gasteiger partial charge in [0, 0.05) is 38.5 Å². The number of aromatic amines is 1. The van der Waals surface area contributed by atoms with Gasteiger partial charge in [-0.2, -0.15) is 0 Å². The molecule has 148 valence electrons. The summed E-state index contributed by atoms with van der Waals surface area (Å²) >= 11 is 0. The van der Waals surface area contributed by atoms with Gasteiger partial charge in [0.25, 0.3) is 5.56 Å². The van der Waals surface area contributed by atoms with Crippen LogP contribution in [0.3, 0.4) is 0 Å². The second-order valence-electron chi connectivity index (χ2n) is 8.61. The lowest BCUT2D eigenvalue weighted by Gasteiger charge is -2.38. The molecule has 6 heteroatoms. The third-order valence-electron chi connectivity index (χ3n) is 6.81. The van der Waals surface area contributed by atoms with Crippen molar-refractivity contribution in [2.45, 2.75) is 83.8 Å². The van der Waals surface area contributed by atoms with Gasteiger partial charge in [-0.1, -0.05) is 13.8 Å². The third kappa shape index (κ3) is 3.68. The summed E-state index contributed by atoms with van der Waals surface area (Å²) in [5, 5.41) is 0. The van der Waals surface area contributed by atoms with Crippen molar-refractivity contribution in [3.63, 3.8) is 0 Å². The minimum atomic E-state index is -0.0617. The summed E-state index contributed by atoms with van der Waals surface area (Å²) < 4.78 is 0. The Morgan fingerprint density at radius 1 is 1.19 bits per heavy atom. The van der Waals surface area contributed by atoms with Gasteiger partial charge in [-0.15, -0.1) is 0 Å². The molecule has 1 aromatic heterocycles. The molecule has 0 spiro atoms. The molecule has 6 nitrogen and oxygen atoms in total. The molecule has 0 radical (unpaired) electrons. The molecule has 0 aromatic carbocycles. The average molecular weight is 373 g/mol. The third-order valence-corrected chi connectivity index (χ3v) is 6.81. The molecule has 1 aliphatic carbocycles. The lowest BCUT2D eigenvalue weighted by Crippen LogP contribution is -2.44. The lowest BCUT2D eigenvalue weighted by molar-refractivity contribution is -0.131. The first-order chi connectivity index (χ1) is 13.1. The fourth-order valence-electron chi connectivity index (χ4n) is 5.09. The zero-order valence-electron chi connectivity index (χ0n) is 16.7. The van der Waals surface area contributed by atoms with Crippen LogP contribution in [0, 0.1) is 5.92 Å². The maximum atomic E-state index is 12.8. The van der Waals surface area contributed by atoms with Crippen LogP contribution in [0.25, 0.3) is 0 Å². The van der Waals surface area contributed by atoms with E-state index in [0.717, 1.165) is 56.1 Å². The molecule has 27 heavy (non-hydrogen) atoms. The van der Waals surface area contributed by atoms with Crippen molar-refractivity contribution >= 4 is 5.91 Å². The Morgan fingerprint density at radius 3 is 2.70 bits per heavy atom. The predicted molar refractivity (Wildman–Crippen MR) is 104 cm³/mol. The summed E-state index contributed by atoms with van der Waals surface area (Å²) in [7, 11) is 0. The Morgan fingerprint density at radius 2 is 1.96 bits per heavy atom. The normalized spacial score (nSPS) is 29.0. The van der Waals surface area contributed by atoms with Crippen molar-refractivity contribution in [2.75, 3.05) is 13.1 Å². The second-order valence-corrected chi connectivity index (χ2v) is 8.61. The SMILES string of the molecule is CCC(=O)N1CCC[C@H]1c1nc2c(c(=O)[nH]1)CN(C1CCC(C)CC1)CC2. The fraction of sp³-hybridized carbons (Fsp3) is 0.762. The molecule has 4 rings (SSSR count). The Bertz CT molecular complexity index is 751. The summed E-state index contributed by atoms with van der Waals surface area (Å²) in [5.41, 5.74) is 1.79. The van der Waals surface area contributed by atoms with Crippen molar-refractivity contribution in [1.29, 1.82) is 0 Å². The van der Waals surface area contributed by atoms with E-state index >= 15 is 0 Å². The highest BCUT2D eigenvalue weighted by atomic mass is 16.2. The predicted octanol–water partition coefficient (Wildman–Crippen LogP) is 2.78. The van der Waals surface area contributed by atoms with Crippen LogP contribution in [-0.2, 0) is 17.8 Å². The number of carbonyl (C=O) groups excluding carboxylic acids is 1. The second kappa shape index (κ2) is 7.74. The minimum absolute atomic E-state index is 0.000301. The van der Waals surface area contributed by atoms with Gasteiger partial charge in [0.15, 0.2) is 0 Å². The zero-order valence-corrected chi connectivity index (χ0v) is 16.7. The zero-order chi connectivity index (χ0) is 19.0. The van der Waals surface area contributed by atoms with Crippen molar-refractivity contribution in [3.8, 4) is 0 Å². The van der Waals surface area contributed by atoms with E-state index in [1.165, 1.54) is 25.7 Å². The van der Waals surface area contributed by atoms with E-state index in [0.29, 0.717) is 18.3 Å². The summed E-state index contributed by atoms with van der Waals surface area (Å²) in [6.07, 6.45) is 8.29. The molecule has 0 unspecified atom stereocenters. The van der Waals surface area contributed by atoms with Crippen LogP contribution in [0.4, 0.5) is 0 Å². The maximum absolute atomic E-state index is 12.8. The number of aromatic nitrogens is 2.